The lowest BCUT2D eigenvalue weighted by atomic mass is 9.99. The van der Waals surface area contributed by atoms with E-state index in [1.807, 2.05) is 26.8 Å². The van der Waals surface area contributed by atoms with Crippen LogP contribution >= 0.6 is 0 Å². The zero-order valence-corrected chi connectivity index (χ0v) is 20.5. The first kappa shape index (κ1) is 25.5. The standard InChI is InChI=1S/C26H36N4O4/c1-17(2)11-23(30-10-8-18(3)12-24(30)31)26(34)28-22(14-25(32)33)20-13-21(16-27-15-20)29-9-6-5-7-19(29)4/h8,10,12-13,15-17,19,22-23H,5-7,9,11,14H2,1-4H3,(H,28,34)(H,32,33)/t19-,22-,23?/m0/s1. The van der Waals surface area contributed by atoms with Crippen molar-refractivity contribution in [1.29, 1.82) is 0 Å². The van der Waals surface area contributed by atoms with E-state index in [1.54, 1.807) is 24.7 Å². The van der Waals surface area contributed by atoms with Crippen LogP contribution in [0.25, 0.3) is 0 Å². The average Bonchev–Trinajstić information content (AvgIpc) is 2.77. The Morgan fingerprint density at radius 1 is 1.24 bits per heavy atom. The molecule has 34 heavy (non-hydrogen) atoms. The highest BCUT2D eigenvalue weighted by Crippen LogP contribution is 2.28. The highest BCUT2D eigenvalue weighted by Gasteiger charge is 2.28. The van der Waals surface area contributed by atoms with E-state index >= 15 is 0 Å². The Balaban J connectivity index is 1.90. The number of amides is 1. The van der Waals surface area contributed by atoms with Crippen molar-refractivity contribution >= 4 is 17.6 Å². The molecule has 1 unspecified atom stereocenters. The molecule has 3 rings (SSSR count). The summed E-state index contributed by atoms with van der Waals surface area (Å²) in [6, 6.07) is 4.11. The molecule has 1 fully saturated rings. The normalized spacial score (nSPS) is 17.9. The quantitative estimate of drug-likeness (QED) is 0.579. The Morgan fingerprint density at radius 3 is 2.65 bits per heavy atom. The largest absolute Gasteiger partial charge is 0.481 e. The third-order valence-corrected chi connectivity index (χ3v) is 6.41. The van der Waals surface area contributed by atoms with Gasteiger partial charge in [0.15, 0.2) is 0 Å². The second-order valence-corrected chi connectivity index (χ2v) is 9.77. The molecule has 1 saturated heterocycles. The molecule has 184 valence electrons. The van der Waals surface area contributed by atoms with Gasteiger partial charge in [0.25, 0.3) is 5.56 Å². The predicted octanol–water partition coefficient (Wildman–Crippen LogP) is 3.85. The van der Waals surface area contributed by atoms with Gasteiger partial charge in [-0.3, -0.25) is 19.4 Å². The van der Waals surface area contributed by atoms with Gasteiger partial charge in [-0.1, -0.05) is 13.8 Å². The van der Waals surface area contributed by atoms with Crippen LogP contribution in [0.1, 0.15) is 76.1 Å². The fraction of sp³-hybridized carbons (Fsp3) is 0.538. The third-order valence-electron chi connectivity index (χ3n) is 6.41. The molecule has 8 nitrogen and oxygen atoms in total. The van der Waals surface area contributed by atoms with Crippen molar-refractivity contribution in [1.82, 2.24) is 14.9 Å². The van der Waals surface area contributed by atoms with Gasteiger partial charge in [0, 0.05) is 31.0 Å². The molecule has 1 aliphatic heterocycles. The molecule has 8 heteroatoms. The van der Waals surface area contributed by atoms with Crippen molar-refractivity contribution in [3.8, 4) is 0 Å². The van der Waals surface area contributed by atoms with Crippen LogP contribution in [0.15, 0.2) is 41.6 Å². The van der Waals surface area contributed by atoms with Crippen LogP contribution in [0.3, 0.4) is 0 Å². The van der Waals surface area contributed by atoms with Crippen LogP contribution in [-0.4, -0.2) is 39.1 Å². The van der Waals surface area contributed by atoms with E-state index in [-0.39, 0.29) is 23.8 Å². The summed E-state index contributed by atoms with van der Waals surface area (Å²) in [5, 5.41) is 12.5. The molecule has 0 radical (unpaired) electrons. The van der Waals surface area contributed by atoms with E-state index in [0.717, 1.165) is 30.6 Å². The third kappa shape index (κ3) is 6.46. The van der Waals surface area contributed by atoms with Gasteiger partial charge in [0.2, 0.25) is 5.91 Å². The highest BCUT2D eigenvalue weighted by molar-refractivity contribution is 5.81. The number of carbonyl (C=O) groups is 2. The summed E-state index contributed by atoms with van der Waals surface area (Å²) in [5.74, 6) is -1.23. The smallest absolute Gasteiger partial charge is 0.305 e. The predicted molar refractivity (Wildman–Crippen MR) is 132 cm³/mol. The molecular formula is C26H36N4O4. The van der Waals surface area contributed by atoms with Gasteiger partial charge in [0.05, 0.1) is 24.3 Å². The van der Waals surface area contributed by atoms with Gasteiger partial charge in [-0.25, -0.2) is 0 Å². The Morgan fingerprint density at radius 2 is 2.00 bits per heavy atom. The molecule has 3 atom stereocenters. The van der Waals surface area contributed by atoms with Crippen molar-refractivity contribution in [3.63, 3.8) is 0 Å². The number of anilines is 1. The van der Waals surface area contributed by atoms with Crippen molar-refractivity contribution in [2.24, 2.45) is 5.92 Å². The molecule has 0 bridgehead atoms. The number of aliphatic carboxylic acids is 1. The highest BCUT2D eigenvalue weighted by atomic mass is 16.4. The Labute approximate surface area is 201 Å². The van der Waals surface area contributed by atoms with Gasteiger partial charge < -0.3 is 19.9 Å². The summed E-state index contributed by atoms with van der Waals surface area (Å²) in [6.07, 6.45) is 8.62. The summed E-state index contributed by atoms with van der Waals surface area (Å²) >= 11 is 0. The maximum absolute atomic E-state index is 13.4. The number of aromatic nitrogens is 2. The molecule has 2 N–H and O–H groups in total. The zero-order chi connectivity index (χ0) is 24.8. The zero-order valence-electron chi connectivity index (χ0n) is 20.5. The van der Waals surface area contributed by atoms with Gasteiger partial charge in [0.1, 0.15) is 6.04 Å². The van der Waals surface area contributed by atoms with Crippen LogP contribution in [-0.2, 0) is 9.59 Å². The molecule has 0 aromatic carbocycles. The lowest BCUT2D eigenvalue weighted by Crippen LogP contribution is -2.40. The first-order chi connectivity index (χ1) is 16.2. The monoisotopic (exact) mass is 468 g/mol. The van der Waals surface area contributed by atoms with E-state index in [4.69, 9.17) is 0 Å². The van der Waals surface area contributed by atoms with Crippen molar-refractivity contribution < 1.29 is 14.7 Å². The molecule has 0 aliphatic carbocycles. The number of carboxylic acid groups (broad SMARTS) is 1. The number of rotatable bonds is 9. The van der Waals surface area contributed by atoms with E-state index in [9.17, 15) is 19.5 Å². The van der Waals surface area contributed by atoms with E-state index in [2.05, 4.69) is 22.1 Å². The number of aryl methyl sites for hydroxylation is 1. The summed E-state index contributed by atoms with van der Waals surface area (Å²) in [5.41, 5.74) is 2.15. The number of carboxylic acids is 1. The van der Waals surface area contributed by atoms with E-state index in [1.165, 1.54) is 17.1 Å². The lowest BCUT2D eigenvalue weighted by molar-refractivity contribution is -0.138. The molecule has 3 heterocycles. The van der Waals surface area contributed by atoms with Gasteiger partial charge in [-0.05, 0) is 68.7 Å². The number of hydrogen-bond donors (Lipinski definition) is 2. The minimum atomic E-state index is -1.02. The van der Waals surface area contributed by atoms with Crippen molar-refractivity contribution in [2.45, 2.75) is 77.9 Å². The van der Waals surface area contributed by atoms with Crippen LogP contribution < -0.4 is 15.8 Å². The summed E-state index contributed by atoms with van der Waals surface area (Å²) < 4.78 is 1.43. The first-order valence-electron chi connectivity index (χ1n) is 12.1. The molecule has 1 aliphatic rings. The van der Waals surface area contributed by atoms with E-state index < -0.39 is 18.1 Å². The number of carbonyl (C=O) groups excluding carboxylic acids is 1. The Kier molecular flexibility index (Phi) is 8.47. The Hall–Kier alpha value is -3.16. The van der Waals surface area contributed by atoms with Gasteiger partial charge in [-0.15, -0.1) is 0 Å². The first-order valence-corrected chi connectivity index (χ1v) is 12.1. The minimum absolute atomic E-state index is 0.160. The second-order valence-electron chi connectivity index (χ2n) is 9.77. The summed E-state index contributed by atoms with van der Waals surface area (Å²) in [6.45, 7) is 8.91. The second kappa shape index (κ2) is 11.3. The minimum Gasteiger partial charge on any atom is -0.481 e. The van der Waals surface area contributed by atoms with Crippen LogP contribution in [0.4, 0.5) is 5.69 Å². The van der Waals surface area contributed by atoms with Crippen molar-refractivity contribution in [3.05, 3.63) is 58.3 Å². The van der Waals surface area contributed by atoms with Gasteiger partial charge in [-0.2, -0.15) is 0 Å². The maximum Gasteiger partial charge on any atom is 0.305 e. The van der Waals surface area contributed by atoms with Crippen LogP contribution in [0, 0.1) is 12.8 Å². The van der Waals surface area contributed by atoms with E-state index in [0.29, 0.717) is 18.0 Å². The van der Waals surface area contributed by atoms with Crippen LogP contribution in [0.5, 0.6) is 0 Å². The molecule has 0 spiro atoms. The molecule has 2 aromatic heterocycles. The van der Waals surface area contributed by atoms with Crippen molar-refractivity contribution in [2.75, 3.05) is 11.4 Å². The molecule has 0 saturated carbocycles. The lowest BCUT2D eigenvalue weighted by Gasteiger charge is -2.35. The average molecular weight is 469 g/mol. The fourth-order valence-corrected chi connectivity index (χ4v) is 4.61. The number of nitrogens with one attached hydrogen (secondary N) is 1. The molecule has 1 amide bonds. The van der Waals surface area contributed by atoms with Crippen LogP contribution in [0.2, 0.25) is 0 Å². The maximum atomic E-state index is 13.4. The fourth-order valence-electron chi connectivity index (χ4n) is 4.61. The number of hydrogen-bond acceptors (Lipinski definition) is 5. The number of pyridine rings is 2. The topological polar surface area (TPSA) is 105 Å². The molecule has 2 aromatic rings. The summed E-state index contributed by atoms with van der Waals surface area (Å²) in [7, 11) is 0. The SMILES string of the molecule is Cc1ccn(C(CC(C)C)C(=O)N[C@@H](CC(=O)O)c2cncc(N3CCCC[C@@H]3C)c2)c(=O)c1. The molecular weight excluding hydrogens is 432 g/mol. The number of nitrogens with zero attached hydrogens (tertiary/aromatic N) is 3. The summed E-state index contributed by atoms with van der Waals surface area (Å²) in [4.78, 5) is 44.4. The Bertz CT molecular complexity index is 1060. The number of piperidine rings is 1. The van der Waals surface area contributed by atoms with Gasteiger partial charge >= 0.3 is 5.97 Å².